The maximum Gasteiger partial charge on any atom is 0.158 e. The Labute approximate surface area is 117 Å². The first kappa shape index (κ1) is 13.8. The molecular formula is C12H16ClN5O. The number of ether oxygens (including phenoxy) is 1. The molecule has 0 radical (unpaired) electrons. The smallest absolute Gasteiger partial charge is 0.158 e. The van der Waals surface area contributed by atoms with Gasteiger partial charge in [0.25, 0.3) is 0 Å². The van der Waals surface area contributed by atoms with Crippen LogP contribution in [-0.2, 0) is 24.9 Å². The first-order chi connectivity index (χ1) is 9.10. The van der Waals surface area contributed by atoms with Crippen LogP contribution in [0.15, 0.2) is 18.5 Å². The first-order valence-corrected chi connectivity index (χ1v) is 6.17. The van der Waals surface area contributed by atoms with Gasteiger partial charge in [-0.15, -0.1) is 0 Å². The second kappa shape index (κ2) is 5.99. The number of anilines is 1. The molecule has 0 bridgehead atoms. The van der Waals surface area contributed by atoms with Crippen LogP contribution < -0.4 is 4.90 Å². The maximum atomic E-state index is 5.99. The van der Waals surface area contributed by atoms with Crippen molar-refractivity contribution < 1.29 is 4.74 Å². The Bertz CT molecular complexity index is 557. The maximum absolute atomic E-state index is 5.99. The van der Waals surface area contributed by atoms with E-state index >= 15 is 0 Å². The van der Waals surface area contributed by atoms with Gasteiger partial charge in [0, 0.05) is 39.7 Å². The fourth-order valence-corrected chi connectivity index (χ4v) is 1.88. The first-order valence-electron chi connectivity index (χ1n) is 5.80. The molecule has 0 saturated heterocycles. The number of imidazole rings is 1. The van der Waals surface area contributed by atoms with Crippen molar-refractivity contribution >= 4 is 17.4 Å². The van der Waals surface area contributed by atoms with Crippen LogP contribution >= 0.6 is 11.6 Å². The standard InChI is InChI=1S/C12H16ClN5O/c1-17-5-4-14-12(17)7-18(2)11-6-9(13)15-10(16-11)8-19-3/h4-6H,7-8H2,1-3H3. The van der Waals surface area contributed by atoms with Crippen LogP contribution in [-0.4, -0.2) is 33.7 Å². The van der Waals surface area contributed by atoms with E-state index in [1.807, 2.05) is 29.8 Å². The Hall–Kier alpha value is -1.66. The molecule has 2 rings (SSSR count). The van der Waals surface area contributed by atoms with Gasteiger partial charge in [-0.25, -0.2) is 15.0 Å². The second-order valence-corrected chi connectivity index (χ2v) is 4.60. The zero-order valence-electron chi connectivity index (χ0n) is 11.2. The van der Waals surface area contributed by atoms with Crippen LogP contribution in [0.25, 0.3) is 0 Å². The van der Waals surface area contributed by atoms with Gasteiger partial charge in [-0.1, -0.05) is 11.6 Å². The number of hydrogen-bond donors (Lipinski definition) is 0. The van der Waals surface area contributed by atoms with Crippen molar-refractivity contribution in [2.45, 2.75) is 13.2 Å². The number of hydrogen-bond acceptors (Lipinski definition) is 5. The lowest BCUT2D eigenvalue weighted by Gasteiger charge is -2.18. The van der Waals surface area contributed by atoms with Gasteiger partial charge in [0.1, 0.15) is 23.4 Å². The molecule has 0 atom stereocenters. The van der Waals surface area contributed by atoms with Gasteiger partial charge in [0.15, 0.2) is 5.82 Å². The molecule has 2 heterocycles. The van der Waals surface area contributed by atoms with Crippen LogP contribution in [0, 0.1) is 0 Å². The molecule has 0 amide bonds. The molecule has 0 aliphatic heterocycles. The van der Waals surface area contributed by atoms with Crippen LogP contribution in [0.4, 0.5) is 5.82 Å². The molecule has 0 saturated carbocycles. The molecule has 0 spiro atoms. The third-order valence-corrected chi connectivity index (χ3v) is 2.89. The summed E-state index contributed by atoms with van der Waals surface area (Å²) in [6, 6.07) is 1.73. The fourth-order valence-electron chi connectivity index (χ4n) is 1.68. The number of halogens is 1. The molecule has 0 N–H and O–H groups in total. The molecule has 0 aromatic carbocycles. The average Bonchev–Trinajstić information content (AvgIpc) is 2.75. The summed E-state index contributed by atoms with van der Waals surface area (Å²) in [6.45, 7) is 0.979. The Morgan fingerprint density at radius 1 is 1.42 bits per heavy atom. The van der Waals surface area contributed by atoms with E-state index in [2.05, 4.69) is 15.0 Å². The lowest BCUT2D eigenvalue weighted by atomic mass is 10.4. The highest BCUT2D eigenvalue weighted by Crippen LogP contribution is 2.17. The van der Waals surface area contributed by atoms with Gasteiger partial charge in [0.05, 0.1) is 6.54 Å². The third-order valence-electron chi connectivity index (χ3n) is 2.69. The van der Waals surface area contributed by atoms with E-state index in [1.54, 1.807) is 19.4 Å². The van der Waals surface area contributed by atoms with Crippen molar-refractivity contribution in [2.24, 2.45) is 7.05 Å². The number of methoxy groups -OCH3 is 1. The molecule has 102 valence electrons. The van der Waals surface area contributed by atoms with Crippen LogP contribution in [0.2, 0.25) is 5.15 Å². The molecule has 2 aromatic heterocycles. The molecule has 7 heteroatoms. The molecule has 0 aliphatic rings. The van der Waals surface area contributed by atoms with Crippen LogP contribution in [0.1, 0.15) is 11.6 Å². The summed E-state index contributed by atoms with van der Waals surface area (Å²) in [5.74, 6) is 2.26. The van der Waals surface area contributed by atoms with Crippen molar-refractivity contribution in [3.63, 3.8) is 0 Å². The highest BCUT2D eigenvalue weighted by atomic mass is 35.5. The quantitative estimate of drug-likeness (QED) is 0.780. The van der Waals surface area contributed by atoms with E-state index < -0.39 is 0 Å². The summed E-state index contributed by atoms with van der Waals surface area (Å²) in [4.78, 5) is 14.8. The van der Waals surface area contributed by atoms with E-state index in [0.29, 0.717) is 24.1 Å². The average molecular weight is 282 g/mol. The highest BCUT2D eigenvalue weighted by Gasteiger charge is 2.10. The number of nitrogens with zero attached hydrogens (tertiary/aromatic N) is 5. The lowest BCUT2D eigenvalue weighted by Crippen LogP contribution is -2.21. The highest BCUT2D eigenvalue weighted by molar-refractivity contribution is 6.29. The normalized spacial score (nSPS) is 10.7. The molecule has 0 unspecified atom stereocenters. The fraction of sp³-hybridized carbons (Fsp3) is 0.417. The van der Waals surface area contributed by atoms with Gasteiger partial charge >= 0.3 is 0 Å². The summed E-state index contributed by atoms with van der Waals surface area (Å²) >= 11 is 5.99. The van der Waals surface area contributed by atoms with Crippen molar-refractivity contribution in [2.75, 3.05) is 19.1 Å². The summed E-state index contributed by atoms with van der Waals surface area (Å²) in [5, 5.41) is 0.406. The topological polar surface area (TPSA) is 56.1 Å². The van der Waals surface area contributed by atoms with Crippen molar-refractivity contribution in [1.29, 1.82) is 0 Å². The van der Waals surface area contributed by atoms with Gasteiger partial charge in [-0.2, -0.15) is 0 Å². The SMILES string of the molecule is COCc1nc(Cl)cc(N(C)Cc2nccn2C)n1. The summed E-state index contributed by atoms with van der Waals surface area (Å²) in [5.41, 5.74) is 0. The molecular weight excluding hydrogens is 266 g/mol. The zero-order valence-corrected chi connectivity index (χ0v) is 11.9. The molecule has 2 aromatic rings. The number of rotatable bonds is 5. The van der Waals surface area contributed by atoms with Crippen LogP contribution in [0.3, 0.4) is 0 Å². The van der Waals surface area contributed by atoms with Gasteiger partial charge < -0.3 is 14.2 Å². The number of aromatic nitrogens is 4. The third kappa shape index (κ3) is 3.42. The largest absolute Gasteiger partial charge is 0.377 e. The van der Waals surface area contributed by atoms with Gasteiger partial charge in [0.2, 0.25) is 0 Å². The summed E-state index contributed by atoms with van der Waals surface area (Å²) in [6.07, 6.45) is 3.68. The summed E-state index contributed by atoms with van der Waals surface area (Å²) < 4.78 is 6.99. The van der Waals surface area contributed by atoms with E-state index in [9.17, 15) is 0 Å². The molecule has 19 heavy (non-hydrogen) atoms. The van der Waals surface area contributed by atoms with E-state index in [0.717, 1.165) is 11.6 Å². The van der Waals surface area contributed by atoms with Crippen molar-refractivity contribution in [3.05, 3.63) is 35.3 Å². The van der Waals surface area contributed by atoms with Gasteiger partial charge in [-0.3, -0.25) is 0 Å². The van der Waals surface area contributed by atoms with E-state index in [1.165, 1.54) is 0 Å². The Morgan fingerprint density at radius 3 is 2.84 bits per heavy atom. The Balaban J connectivity index is 2.18. The summed E-state index contributed by atoms with van der Waals surface area (Å²) in [7, 11) is 5.49. The van der Waals surface area contributed by atoms with Crippen LogP contribution in [0.5, 0.6) is 0 Å². The Morgan fingerprint density at radius 2 is 2.21 bits per heavy atom. The predicted octanol–water partition coefficient (Wildman–Crippen LogP) is 1.65. The van der Waals surface area contributed by atoms with Crippen molar-refractivity contribution in [1.82, 2.24) is 19.5 Å². The molecule has 0 fully saturated rings. The molecule has 0 aliphatic carbocycles. The lowest BCUT2D eigenvalue weighted by molar-refractivity contribution is 0.178. The molecule has 6 nitrogen and oxygen atoms in total. The minimum atomic E-state index is 0.337. The zero-order chi connectivity index (χ0) is 13.8. The van der Waals surface area contributed by atoms with E-state index in [4.69, 9.17) is 16.3 Å². The van der Waals surface area contributed by atoms with E-state index in [-0.39, 0.29) is 0 Å². The minimum absolute atomic E-state index is 0.337. The Kier molecular flexibility index (Phi) is 4.34. The predicted molar refractivity (Wildman–Crippen MR) is 73.1 cm³/mol. The monoisotopic (exact) mass is 281 g/mol. The minimum Gasteiger partial charge on any atom is -0.377 e. The number of aryl methyl sites for hydroxylation is 1. The van der Waals surface area contributed by atoms with Crippen molar-refractivity contribution in [3.8, 4) is 0 Å². The second-order valence-electron chi connectivity index (χ2n) is 4.21. The van der Waals surface area contributed by atoms with Gasteiger partial charge in [-0.05, 0) is 0 Å².